The number of benzene rings is 4. The summed E-state index contributed by atoms with van der Waals surface area (Å²) < 4.78 is 12.2. The highest BCUT2D eigenvalue weighted by Crippen LogP contribution is 2.40. The Morgan fingerprint density at radius 2 is 1.30 bits per heavy atom. The highest BCUT2D eigenvalue weighted by Gasteiger charge is 2.53. The van der Waals surface area contributed by atoms with Crippen molar-refractivity contribution in [2.75, 3.05) is 18.5 Å². The largest absolute Gasteiger partial charge is 0.463 e. The number of para-hydroxylation sites is 3. The first-order valence-electron chi connectivity index (χ1n) is 14.1. The number of ether oxygens (including phenoxy) is 2. The quantitative estimate of drug-likeness (QED) is 0.161. The summed E-state index contributed by atoms with van der Waals surface area (Å²) in [6.45, 7) is 3.05. The van der Waals surface area contributed by atoms with Crippen LogP contribution in [0.2, 0.25) is 0 Å². The molecule has 0 spiro atoms. The molecule has 8 heteroatoms. The van der Waals surface area contributed by atoms with Crippen molar-refractivity contribution < 1.29 is 29.0 Å². The Hall–Kier alpha value is -5.21. The average molecular weight is 577 g/mol. The Bertz CT molecular complexity index is 1740. The van der Waals surface area contributed by atoms with Crippen molar-refractivity contribution in [1.29, 1.82) is 0 Å². The van der Waals surface area contributed by atoms with Crippen LogP contribution in [-0.2, 0) is 31.1 Å². The molecule has 0 saturated heterocycles. The Morgan fingerprint density at radius 3 is 1.95 bits per heavy atom. The Balaban J connectivity index is 1.83. The maximum Gasteiger partial charge on any atom is 0.356 e. The zero-order chi connectivity index (χ0) is 30.4. The molecule has 8 nitrogen and oxygen atoms in total. The Morgan fingerprint density at radius 1 is 0.744 bits per heavy atom. The molecule has 2 N–H and O–H groups in total. The molecule has 0 radical (unpaired) electrons. The molecule has 0 aliphatic rings. The number of hydrogen-bond donors (Lipinski definition) is 2. The number of hydrogen-bond acceptors (Lipinski definition) is 6. The fourth-order valence-electron chi connectivity index (χ4n) is 5.22. The molecule has 1 aromatic heterocycles. The minimum atomic E-state index is -2.83. The zero-order valence-corrected chi connectivity index (χ0v) is 23.9. The van der Waals surface area contributed by atoms with Crippen molar-refractivity contribution in [2.45, 2.75) is 25.9 Å². The smallest absolute Gasteiger partial charge is 0.356 e. The molecule has 0 atom stereocenters. The molecule has 218 valence electrons. The van der Waals surface area contributed by atoms with Crippen molar-refractivity contribution in [3.05, 3.63) is 132 Å². The molecule has 1 amide bonds. The summed E-state index contributed by atoms with van der Waals surface area (Å²) >= 11 is 0. The minimum Gasteiger partial charge on any atom is -0.463 e. The van der Waals surface area contributed by atoms with E-state index in [9.17, 15) is 19.5 Å². The summed E-state index contributed by atoms with van der Waals surface area (Å²) in [6, 6.07) is 32.7. The van der Waals surface area contributed by atoms with E-state index in [1.165, 1.54) is 0 Å². The van der Waals surface area contributed by atoms with Gasteiger partial charge in [-0.1, -0.05) is 78.9 Å². The second-order valence-electron chi connectivity index (χ2n) is 9.83. The van der Waals surface area contributed by atoms with E-state index in [0.29, 0.717) is 33.4 Å². The van der Waals surface area contributed by atoms with Gasteiger partial charge in [0.2, 0.25) is 0 Å². The van der Waals surface area contributed by atoms with Crippen molar-refractivity contribution in [3.63, 3.8) is 0 Å². The molecule has 43 heavy (non-hydrogen) atoms. The first kappa shape index (κ1) is 29.3. The van der Waals surface area contributed by atoms with Crippen molar-refractivity contribution in [2.24, 2.45) is 0 Å². The highest BCUT2D eigenvalue weighted by atomic mass is 16.6. The van der Waals surface area contributed by atoms with Crippen LogP contribution in [-0.4, -0.2) is 40.7 Å². The first-order valence-corrected chi connectivity index (χ1v) is 14.1. The molecule has 0 unspecified atom stereocenters. The zero-order valence-electron chi connectivity index (χ0n) is 23.9. The first-order chi connectivity index (χ1) is 20.9. The Labute approximate surface area is 249 Å². The monoisotopic (exact) mass is 576 g/mol. The topological polar surface area (TPSA) is 107 Å². The van der Waals surface area contributed by atoms with Gasteiger partial charge < -0.3 is 24.5 Å². The third kappa shape index (κ3) is 5.65. The van der Waals surface area contributed by atoms with E-state index in [2.05, 4.69) is 5.32 Å². The number of aromatic nitrogens is 1. The van der Waals surface area contributed by atoms with Gasteiger partial charge in [0.05, 0.1) is 35.8 Å². The number of rotatable bonds is 10. The SMILES string of the molecule is CCOC(=O)C(O)(C(=O)OCC)c1c(Cc2ccccc2)c2ccccc2n1-c1ccccc1NC(=O)c1ccccc1. The number of nitrogens with one attached hydrogen (secondary N) is 1. The van der Waals surface area contributed by atoms with E-state index in [0.717, 1.165) is 5.56 Å². The van der Waals surface area contributed by atoms with Gasteiger partial charge in [-0.25, -0.2) is 9.59 Å². The number of esters is 2. The van der Waals surface area contributed by atoms with Gasteiger partial charge in [0.1, 0.15) is 0 Å². The van der Waals surface area contributed by atoms with Gasteiger partial charge in [-0.3, -0.25) is 4.79 Å². The lowest BCUT2D eigenvalue weighted by Crippen LogP contribution is -2.48. The molecule has 0 fully saturated rings. The van der Waals surface area contributed by atoms with Crippen molar-refractivity contribution >= 4 is 34.4 Å². The van der Waals surface area contributed by atoms with Crippen LogP contribution in [0, 0.1) is 0 Å². The summed E-state index contributed by atoms with van der Waals surface area (Å²) in [5.41, 5.74) is 0.485. The molecule has 0 bridgehead atoms. The number of anilines is 1. The van der Waals surface area contributed by atoms with E-state index in [1.807, 2.05) is 60.7 Å². The number of fused-ring (bicyclic) bond motifs is 1. The van der Waals surface area contributed by atoms with Gasteiger partial charge >= 0.3 is 17.5 Å². The molecule has 0 saturated carbocycles. The number of carbonyl (C=O) groups excluding carboxylic acids is 3. The lowest BCUT2D eigenvalue weighted by atomic mass is 9.91. The number of carbonyl (C=O) groups is 3. The summed E-state index contributed by atoms with van der Waals surface area (Å²) in [5.74, 6) is -2.66. The second-order valence-corrected chi connectivity index (χ2v) is 9.83. The van der Waals surface area contributed by atoms with Crippen LogP contribution in [0.1, 0.15) is 41.0 Å². The summed E-state index contributed by atoms with van der Waals surface area (Å²) in [7, 11) is 0. The van der Waals surface area contributed by atoms with Gasteiger partial charge in [-0.05, 0) is 61.7 Å². The molecule has 5 aromatic rings. The maximum atomic E-state index is 13.6. The predicted octanol–water partition coefficient (Wildman–Crippen LogP) is 5.79. The second kappa shape index (κ2) is 12.8. The number of nitrogens with zero attached hydrogens (tertiary/aromatic N) is 1. The van der Waals surface area contributed by atoms with Crippen LogP contribution in [0.25, 0.3) is 16.6 Å². The fourth-order valence-corrected chi connectivity index (χ4v) is 5.22. The van der Waals surface area contributed by atoms with E-state index in [1.54, 1.807) is 66.9 Å². The molecule has 5 rings (SSSR count). The maximum absolute atomic E-state index is 13.6. The van der Waals surface area contributed by atoms with E-state index in [-0.39, 0.29) is 31.2 Å². The third-order valence-corrected chi connectivity index (χ3v) is 7.12. The summed E-state index contributed by atoms with van der Waals surface area (Å²) in [5, 5.41) is 15.9. The highest BCUT2D eigenvalue weighted by molar-refractivity contribution is 6.08. The van der Waals surface area contributed by atoms with Gasteiger partial charge in [0.25, 0.3) is 5.91 Å². The van der Waals surface area contributed by atoms with Crippen LogP contribution in [0.15, 0.2) is 109 Å². The van der Waals surface area contributed by atoms with Gasteiger partial charge in [0.15, 0.2) is 0 Å². The van der Waals surface area contributed by atoms with Crippen LogP contribution in [0.3, 0.4) is 0 Å². The van der Waals surface area contributed by atoms with Crippen molar-refractivity contribution in [1.82, 2.24) is 4.57 Å². The lowest BCUT2D eigenvalue weighted by Gasteiger charge is -2.28. The van der Waals surface area contributed by atoms with Crippen LogP contribution >= 0.6 is 0 Å². The van der Waals surface area contributed by atoms with E-state index >= 15 is 0 Å². The van der Waals surface area contributed by atoms with E-state index in [4.69, 9.17) is 9.47 Å². The van der Waals surface area contributed by atoms with Gasteiger partial charge in [0, 0.05) is 10.9 Å². The summed E-state index contributed by atoms with van der Waals surface area (Å²) in [6.07, 6.45) is 0.281. The van der Waals surface area contributed by atoms with Gasteiger partial charge in [-0.2, -0.15) is 0 Å². The predicted molar refractivity (Wildman–Crippen MR) is 164 cm³/mol. The molecular weight excluding hydrogens is 544 g/mol. The standard InChI is InChI=1S/C35H32N2O6/c1-3-42-33(39)35(41,34(40)43-4-2)31-27(23-24-15-7-5-8-16-24)26-19-11-13-21-29(26)37(31)30-22-14-12-20-28(30)36-32(38)25-17-9-6-10-18-25/h5-22,41H,3-4,23H2,1-2H3,(H,36,38). The average Bonchev–Trinajstić information content (AvgIpc) is 3.36. The molecular formula is C35H32N2O6. The fraction of sp³-hybridized carbons (Fsp3) is 0.171. The molecule has 4 aromatic carbocycles. The Kier molecular flexibility index (Phi) is 8.69. The van der Waals surface area contributed by atoms with Crippen LogP contribution in [0.4, 0.5) is 5.69 Å². The molecule has 1 heterocycles. The number of amides is 1. The van der Waals surface area contributed by atoms with Gasteiger partial charge in [-0.15, -0.1) is 0 Å². The summed E-state index contributed by atoms with van der Waals surface area (Å²) in [4.78, 5) is 40.5. The minimum absolute atomic E-state index is 0.0177. The van der Waals surface area contributed by atoms with Crippen LogP contribution < -0.4 is 5.32 Å². The molecule has 0 aliphatic carbocycles. The normalized spacial score (nSPS) is 11.2. The van der Waals surface area contributed by atoms with E-state index < -0.39 is 17.5 Å². The lowest BCUT2D eigenvalue weighted by molar-refractivity contribution is -0.185. The van der Waals surface area contributed by atoms with Crippen LogP contribution in [0.5, 0.6) is 0 Å². The van der Waals surface area contributed by atoms with Crippen molar-refractivity contribution in [3.8, 4) is 5.69 Å². The third-order valence-electron chi connectivity index (χ3n) is 7.12. The molecule has 0 aliphatic heterocycles. The number of aliphatic hydroxyl groups is 1.